The van der Waals surface area contributed by atoms with Crippen LogP contribution in [0.2, 0.25) is 0 Å². The van der Waals surface area contributed by atoms with Gasteiger partial charge in [-0.3, -0.25) is 4.79 Å². The fraction of sp³-hybridized carbons (Fsp3) is 0.632. The second-order valence-electron chi connectivity index (χ2n) is 7.19. The van der Waals surface area contributed by atoms with E-state index in [0.29, 0.717) is 36.6 Å². The summed E-state index contributed by atoms with van der Waals surface area (Å²) in [7, 11) is 4.76. The molecule has 2 N–H and O–H groups in total. The number of piperidine rings is 1. The van der Waals surface area contributed by atoms with Crippen molar-refractivity contribution in [1.82, 2.24) is 4.90 Å². The molecule has 1 aromatic rings. The molecule has 0 bridgehead atoms. The maximum absolute atomic E-state index is 12.6. The van der Waals surface area contributed by atoms with Crippen LogP contribution >= 0.6 is 12.4 Å². The summed E-state index contributed by atoms with van der Waals surface area (Å²) in [5, 5.41) is 0. The predicted molar refractivity (Wildman–Crippen MR) is 105 cm³/mol. The third-order valence-electron chi connectivity index (χ3n) is 5.06. The second-order valence-corrected chi connectivity index (χ2v) is 7.19. The van der Waals surface area contributed by atoms with Gasteiger partial charge in [-0.2, -0.15) is 0 Å². The number of likely N-dealkylation sites (tertiary alicyclic amines) is 1. The van der Waals surface area contributed by atoms with Gasteiger partial charge in [-0.25, -0.2) is 0 Å². The number of benzene rings is 1. The number of aryl methyl sites for hydroxylation is 1. The predicted octanol–water partition coefficient (Wildman–Crippen LogP) is 2.65. The summed E-state index contributed by atoms with van der Waals surface area (Å²) < 4.78 is 16.2. The average molecular weight is 387 g/mol. The molecule has 0 saturated carbocycles. The van der Waals surface area contributed by atoms with Crippen molar-refractivity contribution in [3.8, 4) is 17.2 Å². The zero-order valence-corrected chi connectivity index (χ0v) is 17.1. The van der Waals surface area contributed by atoms with Crippen molar-refractivity contribution in [2.45, 2.75) is 39.2 Å². The maximum atomic E-state index is 12.6. The number of nitrogens with two attached hydrogens (primary N) is 1. The van der Waals surface area contributed by atoms with Gasteiger partial charge in [0.25, 0.3) is 0 Å². The van der Waals surface area contributed by atoms with Crippen LogP contribution in [-0.2, 0) is 11.2 Å². The Morgan fingerprint density at radius 1 is 1.19 bits per heavy atom. The van der Waals surface area contributed by atoms with E-state index in [4.69, 9.17) is 19.9 Å². The lowest BCUT2D eigenvalue weighted by Crippen LogP contribution is -2.54. The normalized spacial score (nSPS) is 18.7. The lowest BCUT2D eigenvalue weighted by Gasteiger charge is -2.42. The summed E-state index contributed by atoms with van der Waals surface area (Å²) >= 11 is 0. The smallest absolute Gasteiger partial charge is 0.222 e. The fourth-order valence-corrected chi connectivity index (χ4v) is 3.35. The molecule has 1 amide bonds. The van der Waals surface area contributed by atoms with Crippen molar-refractivity contribution < 1.29 is 19.0 Å². The van der Waals surface area contributed by atoms with Crippen molar-refractivity contribution in [3.05, 3.63) is 17.7 Å². The number of rotatable bonds is 6. The van der Waals surface area contributed by atoms with Crippen LogP contribution in [0.15, 0.2) is 12.1 Å². The molecule has 6 nitrogen and oxygen atoms in total. The van der Waals surface area contributed by atoms with Crippen LogP contribution in [0.25, 0.3) is 0 Å². The first kappa shape index (κ1) is 22.4. The van der Waals surface area contributed by atoms with Crippen molar-refractivity contribution in [1.29, 1.82) is 0 Å². The van der Waals surface area contributed by atoms with Gasteiger partial charge in [0.1, 0.15) is 0 Å². The van der Waals surface area contributed by atoms with E-state index in [1.165, 1.54) is 0 Å². The Balaban J connectivity index is 0.00000338. The van der Waals surface area contributed by atoms with Crippen LogP contribution in [0.4, 0.5) is 0 Å². The van der Waals surface area contributed by atoms with E-state index in [1.54, 1.807) is 21.3 Å². The molecule has 148 valence electrons. The van der Waals surface area contributed by atoms with Crippen LogP contribution in [0, 0.1) is 5.41 Å². The minimum Gasteiger partial charge on any atom is -0.493 e. The van der Waals surface area contributed by atoms with E-state index < -0.39 is 0 Å². The van der Waals surface area contributed by atoms with E-state index in [2.05, 4.69) is 13.8 Å². The zero-order valence-electron chi connectivity index (χ0n) is 16.3. The monoisotopic (exact) mass is 386 g/mol. The number of hydrogen-bond acceptors (Lipinski definition) is 5. The third-order valence-corrected chi connectivity index (χ3v) is 5.06. The topological polar surface area (TPSA) is 74.0 Å². The molecular weight excluding hydrogens is 356 g/mol. The highest BCUT2D eigenvalue weighted by molar-refractivity contribution is 5.85. The number of amides is 1. The van der Waals surface area contributed by atoms with Crippen LogP contribution < -0.4 is 19.9 Å². The lowest BCUT2D eigenvalue weighted by atomic mass is 9.79. The Kier molecular flexibility index (Phi) is 8.03. The summed E-state index contributed by atoms with van der Waals surface area (Å²) in [5.74, 6) is 1.94. The molecule has 0 aliphatic carbocycles. The number of carbonyl (C=O) groups excluding carboxylic acids is 1. The van der Waals surface area contributed by atoms with Crippen LogP contribution in [0.3, 0.4) is 0 Å². The Morgan fingerprint density at radius 2 is 1.85 bits per heavy atom. The van der Waals surface area contributed by atoms with Crippen molar-refractivity contribution in [3.63, 3.8) is 0 Å². The Bertz CT molecular complexity index is 622. The fourth-order valence-electron chi connectivity index (χ4n) is 3.35. The maximum Gasteiger partial charge on any atom is 0.222 e. The van der Waals surface area contributed by atoms with Crippen LogP contribution in [-0.4, -0.2) is 51.3 Å². The summed E-state index contributed by atoms with van der Waals surface area (Å²) in [6, 6.07) is 3.90. The van der Waals surface area contributed by atoms with Gasteiger partial charge in [0.05, 0.1) is 21.3 Å². The van der Waals surface area contributed by atoms with E-state index in [1.807, 2.05) is 17.0 Å². The molecule has 0 radical (unpaired) electrons. The van der Waals surface area contributed by atoms with E-state index in [9.17, 15) is 4.79 Å². The number of methoxy groups -OCH3 is 3. The molecule has 1 unspecified atom stereocenters. The molecule has 2 rings (SSSR count). The molecule has 1 aliphatic rings. The second kappa shape index (κ2) is 9.33. The van der Waals surface area contributed by atoms with E-state index >= 15 is 0 Å². The Hall–Kier alpha value is -1.66. The van der Waals surface area contributed by atoms with Gasteiger partial charge in [0.2, 0.25) is 11.7 Å². The largest absolute Gasteiger partial charge is 0.493 e. The van der Waals surface area contributed by atoms with Gasteiger partial charge in [0.15, 0.2) is 11.5 Å². The third kappa shape index (κ3) is 4.74. The van der Waals surface area contributed by atoms with Crippen molar-refractivity contribution >= 4 is 18.3 Å². The van der Waals surface area contributed by atoms with Gasteiger partial charge < -0.3 is 24.8 Å². The molecule has 1 aliphatic heterocycles. The Labute approximate surface area is 162 Å². The van der Waals surface area contributed by atoms with E-state index in [-0.39, 0.29) is 29.8 Å². The number of halogens is 1. The summed E-state index contributed by atoms with van der Waals surface area (Å²) in [4.78, 5) is 14.6. The number of carbonyl (C=O) groups is 1. The van der Waals surface area contributed by atoms with Crippen molar-refractivity contribution in [2.24, 2.45) is 11.1 Å². The molecule has 1 atom stereocenters. The minimum atomic E-state index is -0.0467. The Morgan fingerprint density at radius 3 is 2.38 bits per heavy atom. The first-order chi connectivity index (χ1) is 11.8. The standard InChI is InChI=1S/C19H30N2O4.ClH/c1-19(2)12-21(11-10-15(19)20)16(22)9-7-13-6-8-14(23-3)18(25-5)17(13)24-4;/h6,8,15H,7,9-12,20H2,1-5H3;1H. The van der Waals surface area contributed by atoms with Gasteiger partial charge in [-0.05, 0) is 29.9 Å². The SMILES string of the molecule is COc1ccc(CCC(=O)N2CCC(N)C(C)(C)C2)c(OC)c1OC.Cl. The molecule has 0 spiro atoms. The van der Waals surface area contributed by atoms with Crippen LogP contribution in [0.5, 0.6) is 17.2 Å². The molecule has 1 fully saturated rings. The number of nitrogens with zero attached hydrogens (tertiary/aromatic N) is 1. The first-order valence-corrected chi connectivity index (χ1v) is 8.65. The van der Waals surface area contributed by atoms with E-state index in [0.717, 1.165) is 18.5 Å². The summed E-state index contributed by atoms with van der Waals surface area (Å²) in [6.07, 6.45) is 1.86. The van der Waals surface area contributed by atoms with Gasteiger partial charge >= 0.3 is 0 Å². The average Bonchev–Trinajstić information content (AvgIpc) is 2.60. The highest BCUT2D eigenvalue weighted by Gasteiger charge is 2.35. The first-order valence-electron chi connectivity index (χ1n) is 8.65. The summed E-state index contributed by atoms with van der Waals surface area (Å²) in [5.41, 5.74) is 7.04. The molecule has 1 aromatic carbocycles. The molecule has 1 saturated heterocycles. The van der Waals surface area contributed by atoms with Crippen molar-refractivity contribution in [2.75, 3.05) is 34.4 Å². The highest BCUT2D eigenvalue weighted by Crippen LogP contribution is 2.40. The number of ether oxygens (including phenoxy) is 3. The lowest BCUT2D eigenvalue weighted by molar-refractivity contribution is -0.134. The number of hydrogen-bond donors (Lipinski definition) is 1. The minimum absolute atomic E-state index is 0. The summed E-state index contributed by atoms with van der Waals surface area (Å²) in [6.45, 7) is 5.67. The molecule has 0 aromatic heterocycles. The molecule has 7 heteroatoms. The van der Waals surface area contributed by atoms with Gasteiger partial charge in [-0.1, -0.05) is 19.9 Å². The molecule has 1 heterocycles. The van der Waals surface area contributed by atoms with Gasteiger partial charge in [-0.15, -0.1) is 12.4 Å². The van der Waals surface area contributed by atoms with Crippen LogP contribution in [0.1, 0.15) is 32.3 Å². The highest BCUT2D eigenvalue weighted by atomic mass is 35.5. The molecule has 26 heavy (non-hydrogen) atoms. The van der Waals surface area contributed by atoms with Gasteiger partial charge in [0, 0.05) is 25.6 Å². The zero-order chi connectivity index (χ0) is 18.6. The quantitative estimate of drug-likeness (QED) is 0.813. The molecular formula is C19H31ClN2O4.